The highest BCUT2D eigenvalue weighted by molar-refractivity contribution is 7.99. The minimum Gasteiger partial charge on any atom is -0.398 e. The number of halogens is 2. The molecule has 140 valence electrons. The van der Waals surface area contributed by atoms with Gasteiger partial charge in [0, 0.05) is 40.2 Å². The molecule has 0 spiro atoms. The van der Waals surface area contributed by atoms with Crippen molar-refractivity contribution in [3.05, 3.63) is 53.6 Å². The number of likely N-dealkylation sites (N-methyl/N-ethyl adjacent to an activating group) is 1. The zero-order valence-corrected chi connectivity index (χ0v) is 15.7. The summed E-state index contributed by atoms with van der Waals surface area (Å²) in [4.78, 5) is 15.3. The van der Waals surface area contributed by atoms with Gasteiger partial charge < -0.3 is 16.0 Å². The molecule has 2 rings (SSSR count). The molecular weight excluding hydrogens is 356 g/mol. The van der Waals surface area contributed by atoms with Gasteiger partial charge in [0.15, 0.2) is 0 Å². The number of hydrogen-bond donors (Lipinski definition) is 2. The normalized spacial score (nSPS) is 11.0. The Morgan fingerprint density at radius 2 is 1.85 bits per heavy atom. The van der Waals surface area contributed by atoms with Crippen LogP contribution in [0.25, 0.3) is 0 Å². The maximum absolute atomic E-state index is 13.9. The number of carbonyl (C=O) groups is 1. The molecule has 4 nitrogen and oxygen atoms in total. The van der Waals surface area contributed by atoms with Gasteiger partial charge in [0.1, 0.15) is 11.6 Å². The summed E-state index contributed by atoms with van der Waals surface area (Å²) in [7, 11) is 0. The van der Waals surface area contributed by atoms with E-state index in [1.807, 2.05) is 0 Å². The Labute approximate surface area is 156 Å². The number of nitrogens with one attached hydrogen (secondary N) is 1. The van der Waals surface area contributed by atoms with Crippen LogP contribution in [0.2, 0.25) is 0 Å². The van der Waals surface area contributed by atoms with Crippen LogP contribution < -0.4 is 11.1 Å². The number of amides is 1. The van der Waals surface area contributed by atoms with Gasteiger partial charge in [-0.3, -0.25) is 4.79 Å². The molecule has 2 aromatic carbocycles. The summed E-state index contributed by atoms with van der Waals surface area (Å²) in [5.41, 5.74) is 6.81. The fraction of sp³-hybridized carbons (Fsp3) is 0.316. The van der Waals surface area contributed by atoms with Crippen molar-refractivity contribution in [2.75, 3.05) is 31.9 Å². The Bertz CT molecular complexity index is 766. The van der Waals surface area contributed by atoms with Crippen molar-refractivity contribution in [2.45, 2.75) is 23.6 Å². The van der Waals surface area contributed by atoms with Crippen molar-refractivity contribution in [3.8, 4) is 0 Å². The first kappa shape index (κ1) is 20.2. The molecule has 26 heavy (non-hydrogen) atoms. The second-order valence-electron chi connectivity index (χ2n) is 5.71. The zero-order valence-electron chi connectivity index (χ0n) is 14.9. The largest absolute Gasteiger partial charge is 0.398 e. The summed E-state index contributed by atoms with van der Waals surface area (Å²) in [5, 5.41) is 2.87. The van der Waals surface area contributed by atoms with Crippen molar-refractivity contribution >= 4 is 23.4 Å². The van der Waals surface area contributed by atoms with Crippen LogP contribution in [0.15, 0.2) is 46.2 Å². The zero-order chi connectivity index (χ0) is 19.1. The van der Waals surface area contributed by atoms with E-state index in [-0.39, 0.29) is 10.8 Å². The molecule has 0 atom stereocenters. The van der Waals surface area contributed by atoms with Crippen LogP contribution in [0.4, 0.5) is 14.5 Å². The minimum atomic E-state index is -0.663. The third-order valence-corrected chi connectivity index (χ3v) is 5.12. The first-order chi connectivity index (χ1) is 12.4. The Hall–Kier alpha value is -2.12. The molecule has 0 saturated carbocycles. The van der Waals surface area contributed by atoms with Gasteiger partial charge in [-0.25, -0.2) is 8.78 Å². The molecule has 7 heteroatoms. The second-order valence-corrected chi connectivity index (χ2v) is 6.80. The molecule has 1 amide bonds. The molecule has 0 aliphatic rings. The van der Waals surface area contributed by atoms with Gasteiger partial charge in [-0.15, -0.1) is 0 Å². The van der Waals surface area contributed by atoms with Crippen molar-refractivity contribution < 1.29 is 13.6 Å². The molecule has 2 aromatic rings. The third-order valence-electron chi connectivity index (χ3n) is 4.00. The smallest absolute Gasteiger partial charge is 0.251 e. The lowest BCUT2D eigenvalue weighted by Gasteiger charge is -2.18. The Morgan fingerprint density at radius 1 is 1.12 bits per heavy atom. The van der Waals surface area contributed by atoms with Crippen LogP contribution in [0.1, 0.15) is 24.2 Å². The van der Waals surface area contributed by atoms with Crippen molar-refractivity contribution in [3.63, 3.8) is 0 Å². The van der Waals surface area contributed by atoms with Crippen LogP contribution in [0, 0.1) is 11.6 Å². The standard InChI is InChI=1S/C19H23F2N3OS/c1-3-24(4-2)10-9-23-19(25)13-5-7-16(22)18(11-13)26-17-8-6-14(20)12-15(17)21/h5-8,11-12H,3-4,9-10,22H2,1-2H3,(H,23,25). The maximum atomic E-state index is 13.9. The third kappa shape index (κ3) is 5.44. The van der Waals surface area contributed by atoms with Gasteiger partial charge in [-0.1, -0.05) is 25.6 Å². The summed E-state index contributed by atoms with van der Waals surface area (Å²) in [5.74, 6) is -1.51. The number of nitrogens with zero attached hydrogens (tertiary/aromatic N) is 1. The SMILES string of the molecule is CCN(CC)CCNC(=O)c1ccc(N)c(Sc2ccc(F)cc2F)c1. The number of carbonyl (C=O) groups excluding carboxylic acids is 1. The fourth-order valence-corrected chi connectivity index (χ4v) is 3.31. The van der Waals surface area contributed by atoms with Crippen LogP contribution >= 0.6 is 11.8 Å². The lowest BCUT2D eigenvalue weighted by atomic mass is 10.2. The number of benzene rings is 2. The van der Waals surface area contributed by atoms with Gasteiger partial charge >= 0.3 is 0 Å². The van der Waals surface area contributed by atoms with E-state index in [0.717, 1.165) is 37.5 Å². The van der Waals surface area contributed by atoms with E-state index in [4.69, 9.17) is 5.73 Å². The number of nitrogen functional groups attached to an aromatic ring is 1. The molecule has 0 radical (unpaired) electrons. The molecule has 3 N–H and O–H groups in total. The number of anilines is 1. The van der Waals surface area contributed by atoms with Crippen LogP contribution in [0.3, 0.4) is 0 Å². The first-order valence-corrected chi connectivity index (χ1v) is 9.29. The molecule has 0 heterocycles. The number of rotatable bonds is 8. The van der Waals surface area contributed by atoms with E-state index in [1.165, 1.54) is 12.1 Å². The highest BCUT2D eigenvalue weighted by Crippen LogP contribution is 2.34. The summed E-state index contributed by atoms with van der Waals surface area (Å²) in [6.45, 7) is 7.32. The molecule has 0 aliphatic heterocycles. The highest BCUT2D eigenvalue weighted by atomic mass is 32.2. The van der Waals surface area contributed by atoms with Crippen molar-refractivity contribution in [1.29, 1.82) is 0 Å². The van der Waals surface area contributed by atoms with Crippen molar-refractivity contribution in [1.82, 2.24) is 10.2 Å². The van der Waals surface area contributed by atoms with Gasteiger partial charge in [-0.05, 0) is 43.4 Å². The maximum Gasteiger partial charge on any atom is 0.251 e. The van der Waals surface area contributed by atoms with Gasteiger partial charge in [-0.2, -0.15) is 0 Å². The number of hydrogen-bond acceptors (Lipinski definition) is 4. The highest BCUT2D eigenvalue weighted by Gasteiger charge is 2.12. The van der Waals surface area contributed by atoms with Gasteiger partial charge in [0.05, 0.1) is 0 Å². The molecule has 0 saturated heterocycles. The molecule has 0 aromatic heterocycles. The van der Waals surface area contributed by atoms with E-state index in [0.29, 0.717) is 22.7 Å². The fourth-order valence-electron chi connectivity index (χ4n) is 2.41. The monoisotopic (exact) mass is 379 g/mol. The predicted octanol–water partition coefficient (Wildman–Crippen LogP) is 3.77. The summed E-state index contributed by atoms with van der Waals surface area (Å²) >= 11 is 1.06. The topological polar surface area (TPSA) is 58.4 Å². The minimum absolute atomic E-state index is 0.210. The van der Waals surface area contributed by atoms with Gasteiger partial charge in [0.2, 0.25) is 0 Å². The van der Waals surface area contributed by atoms with E-state index in [2.05, 4.69) is 24.1 Å². The number of nitrogens with two attached hydrogens (primary N) is 1. The van der Waals surface area contributed by atoms with E-state index in [1.54, 1.807) is 18.2 Å². The average Bonchev–Trinajstić information content (AvgIpc) is 2.62. The lowest BCUT2D eigenvalue weighted by molar-refractivity contribution is 0.0948. The molecular formula is C19H23F2N3OS. The quantitative estimate of drug-likeness (QED) is 0.686. The molecule has 0 fully saturated rings. The van der Waals surface area contributed by atoms with Crippen molar-refractivity contribution in [2.24, 2.45) is 0 Å². The Balaban J connectivity index is 2.07. The van der Waals surface area contributed by atoms with E-state index in [9.17, 15) is 13.6 Å². The van der Waals surface area contributed by atoms with E-state index >= 15 is 0 Å². The van der Waals surface area contributed by atoms with Crippen LogP contribution in [0.5, 0.6) is 0 Å². The summed E-state index contributed by atoms with van der Waals surface area (Å²) < 4.78 is 26.9. The molecule has 0 unspecified atom stereocenters. The Kier molecular flexibility index (Phi) is 7.41. The summed E-state index contributed by atoms with van der Waals surface area (Å²) in [6, 6.07) is 8.23. The Morgan fingerprint density at radius 3 is 2.50 bits per heavy atom. The predicted molar refractivity (Wildman–Crippen MR) is 101 cm³/mol. The second kappa shape index (κ2) is 9.54. The van der Waals surface area contributed by atoms with Crippen LogP contribution in [-0.4, -0.2) is 37.0 Å². The molecule has 0 aliphatic carbocycles. The summed E-state index contributed by atoms with van der Waals surface area (Å²) in [6.07, 6.45) is 0. The molecule has 0 bridgehead atoms. The van der Waals surface area contributed by atoms with Crippen LogP contribution in [-0.2, 0) is 0 Å². The van der Waals surface area contributed by atoms with E-state index < -0.39 is 11.6 Å². The average molecular weight is 379 g/mol. The lowest BCUT2D eigenvalue weighted by Crippen LogP contribution is -2.34. The van der Waals surface area contributed by atoms with Gasteiger partial charge in [0.25, 0.3) is 5.91 Å². The first-order valence-electron chi connectivity index (χ1n) is 8.47.